The van der Waals surface area contributed by atoms with E-state index >= 15 is 0 Å². The minimum Gasteiger partial charge on any atom is -0.205 e. The van der Waals surface area contributed by atoms with Crippen LogP contribution in [0.5, 0.6) is 0 Å². The van der Waals surface area contributed by atoms with Crippen molar-refractivity contribution in [1.29, 1.82) is 0 Å². The summed E-state index contributed by atoms with van der Waals surface area (Å²) in [6.07, 6.45) is 15.2. The number of rotatable bonds is 3. The normalized spacial score (nSPS) is 32.3. The smallest absolute Gasteiger partial charge is 0.142 e. The van der Waals surface area contributed by atoms with Gasteiger partial charge >= 0.3 is 0 Å². The van der Waals surface area contributed by atoms with Gasteiger partial charge in [-0.2, -0.15) is 0 Å². The van der Waals surface area contributed by atoms with Gasteiger partial charge in [0.25, 0.3) is 0 Å². The molecule has 0 N–H and O–H groups in total. The molecule has 126 valence electrons. The summed E-state index contributed by atoms with van der Waals surface area (Å²) < 4.78 is 13.7. The zero-order chi connectivity index (χ0) is 16.2. The SMILES string of the molecule is C/C=C/[C@H]1CC[C@H](C2CCC(c3ccc(Cl)c(F)c3)CC2)CC1. The van der Waals surface area contributed by atoms with Crippen molar-refractivity contribution in [1.82, 2.24) is 0 Å². The number of halogens is 2. The molecular weight excluding hydrogens is 307 g/mol. The van der Waals surface area contributed by atoms with Crippen LogP contribution < -0.4 is 0 Å². The van der Waals surface area contributed by atoms with Crippen LogP contribution in [-0.4, -0.2) is 0 Å². The molecule has 2 saturated carbocycles. The van der Waals surface area contributed by atoms with Crippen LogP contribution in [0.1, 0.15) is 69.8 Å². The van der Waals surface area contributed by atoms with Gasteiger partial charge in [-0.25, -0.2) is 4.39 Å². The Morgan fingerprint density at radius 3 is 2.13 bits per heavy atom. The molecule has 1 aromatic carbocycles. The van der Waals surface area contributed by atoms with E-state index in [0.29, 0.717) is 5.92 Å². The monoisotopic (exact) mass is 334 g/mol. The molecule has 0 aliphatic heterocycles. The average molecular weight is 335 g/mol. The van der Waals surface area contributed by atoms with Crippen molar-refractivity contribution in [2.24, 2.45) is 17.8 Å². The highest BCUT2D eigenvalue weighted by Gasteiger charge is 2.30. The van der Waals surface area contributed by atoms with Gasteiger partial charge in [0.15, 0.2) is 0 Å². The van der Waals surface area contributed by atoms with E-state index in [0.717, 1.165) is 23.3 Å². The fourth-order valence-corrected chi connectivity index (χ4v) is 4.89. The lowest BCUT2D eigenvalue weighted by atomic mass is 9.68. The summed E-state index contributed by atoms with van der Waals surface area (Å²) in [6, 6.07) is 5.37. The minimum absolute atomic E-state index is 0.236. The predicted molar refractivity (Wildman–Crippen MR) is 96.4 cm³/mol. The highest BCUT2D eigenvalue weighted by Crippen LogP contribution is 2.44. The number of hydrogen-bond acceptors (Lipinski definition) is 0. The Bertz CT molecular complexity index is 535. The molecule has 2 fully saturated rings. The molecule has 0 heterocycles. The lowest BCUT2D eigenvalue weighted by Gasteiger charge is -2.37. The molecule has 0 aromatic heterocycles. The third-order valence-corrected chi connectivity index (χ3v) is 6.44. The molecule has 0 saturated heterocycles. The van der Waals surface area contributed by atoms with Crippen LogP contribution in [0.25, 0.3) is 0 Å². The quantitative estimate of drug-likeness (QED) is 0.515. The number of allylic oxidation sites excluding steroid dienone is 2. The van der Waals surface area contributed by atoms with Gasteiger partial charge < -0.3 is 0 Å². The third-order valence-electron chi connectivity index (χ3n) is 6.13. The van der Waals surface area contributed by atoms with E-state index in [2.05, 4.69) is 19.1 Å². The van der Waals surface area contributed by atoms with Crippen LogP contribution >= 0.6 is 11.6 Å². The van der Waals surface area contributed by atoms with E-state index in [1.54, 1.807) is 12.1 Å². The zero-order valence-corrected chi connectivity index (χ0v) is 14.9. The van der Waals surface area contributed by atoms with E-state index in [1.807, 2.05) is 6.07 Å². The standard InChI is InChI=1S/C21H28ClF/c1-2-3-15-4-6-16(7-5-15)17-8-10-18(11-9-17)19-12-13-20(22)21(23)14-19/h2-3,12-18H,4-11H2,1H3/b3-2+/t15-,16-,17?,18?. The third kappa shape index (κ3) is 4.18. The Kier molecular flexibility index (Phi) is 5.80. The first-order chi connectivity index (χ1) is 11.2. The second-order valence-corrected chi connectivity index (χ2v) is 7.89. The highest BCUT2D eigenvalue weighted by atomic mass is 35.5. The van der Waals surface area contributed by atoms with Crippen LogP contribution in [-0.2, 0) is 0 Å². The highest BCUT2D eigenvalue weighted by molar-refractivity contribution is 6.30. The molecule has 2 heteroatoms. The lowest BCUT2D eigenvalue weighted by Crippen LogP contribution is -2.25. The van der Waals surface area contributed by atoms with Crippen molar-refractivity contribution >= 4 is 11.6 Å². The van der Waals surface area contributed by atoms with Crippen LogP contribution in [0.3, 0.4) is 0 Å². The molecule has 2 aliphatic rings. The van der Waals surface area contributed by atoms with Gasteiger partial charge in [-0.05, 0) is 99.7 Å². The minimum atomic E-state index is -0.270. The van der Waals surface area contributed by atoms with Gasteiger partial charge in [0, 0.05) is 0 Å². The van der Waals surface area contributed by atoms with Crippen molar-refractivity contribution in [3.8, 4) is 0 Å². The summed E-state index contributed by atoms with van der Waals surface area (Å²) in [5.41, 5.74) is 1.14. The van der Waals surface area contributed by atoms with E-state index in [4.69, 9.17) is 11.6 Å². The van der Waals surface area contributed by atoms with Crippen LogP contribution in [0, 0.1) is 23.6 Å². The van der Waals surface area contributed by atoms with Gasteiger partial charge in [-0.1, -0.05) is 29.8 Å². The Hall–Kier alpha value is -0.820. The molecule has 23 heavy (non-hydrogen) atoms. The van der Waals surface area contributed by atoms with Gasteiger partial charge in [-0.3, -0.25) is 0 Å². The molecular formula is C21H28ClF. The summed E-state index contributed by atoms with van der Waals surface area (Å²) in [6.45, 7) is 2.13. The Morgan fingerprint density at radius 1 is 0.957 bits per heavy atom. The maximum absolute atomic E-state index is 13.7. The topological polar surface area (TPSA) is 0 Å². The van der Waals surface area contributed by atoms with Crippen LogP contribution in [0.15, 0.2) is 30.4 Å². The molecule has 2 aliphatic carbocycles. The molecule has 0 bridgehead atoms. The summed E-state index contributed by atoms with van der Waals surface area (Å²) in [4.78, 5) is 0. The molecule has 3 rings (SSSR count). The van der Waals surface area contributed by atoms with Gasteiger partial charge in [0.2, 0.25) is 0 Å². The molecule has 0 amide bonds. The molecule has 0 radical (unpaired) electrons. The van der Waals surface area contributed by atoms with Gasteiger partial charge in [0.1, 0.15) is 5.82 Å². The maximum atomic E-state index is 13.7. The van der Waals surface area contributed by atoms with Crippen molar-refractivity contribution in [2.45, 2.75) is 64.2 Å². The Labute approximate surface area is 145 Å². The fraction of sp³-hybridized carbons (Fsp3) is 0.619. The zero-order valence-electron chi connectivity index (χ0n) is 14.1. The molecule has 0 nitrogen and oxygen atoms in total. The van der Waals surface area contributed by atoms with Crippen molar-refractivity contribution < 1.29 is 4.39 Å². The second kappa shape index (κ2) is 7.83. The summed E-state index contributed by atoms with van der Waals surface area (Å²) in [5.74, 6) is 2.91. The van der Waals surface area contributed by atoms with Crippen molar-refractivity contribution in [2.75, 3.05) is 0 Å². The van der Waals surface area contributed by atoms with E-state index in [9.17, 15) is 4.39 Å². The van der Waals surface area contributed by atoms with Crippen LogP contribution in [0.2, 0.25) is 5.02 Å². The van der Waals surface area contributed by atoms with Crippen molar-refractivity contribution in [3.63, 3.8) is 0 Å². The first kappa shape index (κ1) is 17.0. The molecule has 1 aromatic rings. The summed E-state index contributed by atoms with van der Waals surface area (Å²) in [7, 11) is 0. The maximum Gasteiger partial charge on any atom is 0.142 e. The number of benzene rings is 1. The molecule has 0 unspecified atom stereocenters. The fourth-order valence-electron chi connectivity index (χ4n) is 4.77. The number of hydrogen-bond donors (Lipinski definition) is 0. The summed E-state index contributed by atoms with van der Waals surface area (Å²) >= 11 is 5.80. The van der Waals surface area contributed by atoms with Crippen molar-refractivity contribution in [3.05, 3.63) is 46.8 Å². The Balaban J connectivity index is 1.51. The van der Waals surface area contributed by atoms with Crippen LogP contribution in [0.4, 0.5) is 4.39 Å². The lowest BCUT2D eigenvalue weighted by molar-refractivity contribution is 0.171. The second-order valence-electron chi connectivity index (χ2n) is 7.49. The molecule has 0 atom stereocenters. The first-order valence-corrected chi connectivity index (χ1v) is 9.63. The van der Waals surface area contributed by atoms with Gasteiger partial charge in [-0.15, -0.1) is 0 Å². The largest absolute Gasteiger partial charge is 0.205 e. The summed E-state index contributed by atoms with van der Waals surface area (Å²) in [5, 5.41) is 0.236. The van der Waals surface area contributed by atoms with Gasteiger partial charge in [0.05, 0.1) is 5.02 Å². The van der Waals surface area contributed by atoms with E-state index < -0.39 is 0 Å². The van der Waals surface area contributed by atoms with E-state index in [-0.39, 0.29) is 10.8 Å². The Morgan fingerprint density at radius 2 is 1.57 bits per heavy atom. The average Bonchev–Trinajstić information content (AvgIpc) is 2.59. The first-order valence-electron chi connectivity index (χ1n) is 9.25. The predicted octanol–water partition coefficient (Wildman–Crippen LogP) is 7.14. The van der Waals surface area contributed by atoms with E-state index in [1.165, 1.54) is 51.4 Å². The molecule has 0 spiro atoms.